The molecule has 1 saturated carbocycles. The molecule has 1 atom stereocenters. The van der Waals surface area contributed by atoms with Gasteiger partial charge in [0.25, 0.3) is 0 Å². The molecule has 0 aliphatic heterocycles. The fraction of sp³-hybridized carbons (Fsp3) is 0.375. The molecule has 1 aliphatic rings. The van der Waals surface area contributed by atoms with Gasteiger partial charge in [0.2, 0.25) is 0 Å². The molecule has 0 bridgehead atoms. The van der Waals surface area contributed by atoms with Gasteiger partial charge in [-0.2, -0.15) is 0 Å². The molecule has 0 saturated heterocycles. The van der Waals surface area contributed by atoms with E-state index < -0.39 is 0 Å². The minimum atomic E-state index is -0.0730. The molecule has 146 valence electrons. The lowest BCUT2D eigenvalue weighted by Gasteiger charge is -2.20. The molecule has 0 spiro atoms. The van der Waals surface area contributed by atoms with E-state index in [4.69, 9.17) is 9.15 Å². The maximum absolute atomic E-state index is 13.1. The topological polar surface area (TPSA) is 51.5 Å². The average molecular weight is 377 g/mol. The number of hydrogen-bond donors (Lipinski definition) is 1. The molecule has 4 nitrogen and oxygen atoms in total. The van der Waals surface area contributed by atoms with Gasteiger partial charge in [0.1, 0.15) is 17.4 Å². The highest BCUT2D eigenvalue weighted by atomic mass is 16.5. The third kappa shape index (κ3) is 3.97. The summed E-state index contributed by atoms with van der Waals surface area (Å²) in [5.74, 6) is 1.03. The summed E-state index contributed by atoms with van der Waals surface area (Å²) in [5, 5.41) is 3.80. The van der Waals surface area contributed by atoms with Gasteiger partial charge >= 0.3 is 0 Å². The van der Waals surface area contributed by atoms with Gasteiger partial charge in [0, 0.05) is 12.0 Å². The first-order valence-electron chi connectivity index (χ1n) is 10.2. The van der Waals surface area contributed by atoms with Crippen molar-refractivity contribution >= 4 is 11.0 Å². The molecule has 0 amide bonds. The Labute approximate surface area is 165 Å². The van der Waals surface area contributed by atoms with Crippen LogP contribution in [0.4, 0.5) is 0 Å². The zero-order chi connectivity index (χ0) is 19.3. The van der Waals surface area contributed by atoms with Crippen LogP contribution in [0.1, 0.15) is 55.3 Å². The van der Waals surface area contributed by atoms with E-state index in [2.05, 4.69) is 17.4 Å². The van der Waals surface area contributed by atoms with Gasteiger partial charge in [-0.1, -0.05) is 43.2 Å². The van der Waals surface area contributed by atoms with Gasteiger partial charge in [0.15, 0.2) is 5.43 Å². The molecule has 4 heteroatoms. The van der Waals surface area contributed by atoms with Crippen LogP contribution in [-0.4, -0.2) is 13.6 Å². The molecule has 1 aromatic heterocycles. The predicted octanol–water partition coefficient (Wildman–Crippen LogP) is 5.18. The van der Waals surface area contributed by atoms with Crippen LogP contribution < -0.4 is 15.5 Å². The first-order chi connectivity index (χ1) is 13.8. The number of hydrogen-bond acceptors (Lipinski definition) is 4. The summed E-state index contributed by atoms with van der Waals surface area (Å²) in [6, 6.07) is 15.8. The van der Waals surface area contributed by atoms with Crippen molar-refractivity contribution in [1.82, 2.24) is 5.32 Å². The molecule has 28 heavy (non-hydrogen) atoms. The predicted molar refractivity (Wildman–Crippen MR) is 112 cm³/mol. The summed E-state index contributed by atoms with van der Waals surface area (Å²) in [6.45, 7) is 0.848. The Morgan fingerprint density at radius 1 is 1.14 bits per heavy atom. The lowest BCUT2D eigenvalue weighted by molar-refractivity contribution is 0.195. The van der Waals surface area contributed by atoms with Crippen LogP contribution in [0.15, 0.2) is 64.0 Å². The maximum atomic E-state index is 13.1. The van der Waals surface area contributed by atoms with Crippen molar-refractivity contribution in [2.75, 3.05) is 13.6 Å². The average Bonchev–Trinajstić information content (AvgIpc) is 3.27. The second kappa shape index (κ2) is 8.61. The number of fused-ring (bicyclic) bond motifs is 1. The van der Waals surface area contributed by atoms with Crippen molar-refractivity contribution < 1.29 is 9.15 Å². The quantitative estimate of drug-likeness (QED) is 0.616. The molecule has 1 fully saturated rings. The van der Waals surface area contributed by atoms with Crippen LogP contribution in [0, 0.1) is 0 Å². The molecule has 1 heterocycles. The Balaban J connectivity index is 1.65. The van der Waals surface area contributed by atoms with Crippen molar-refractivity contribution in [2.24, 2.45) is 0 Å². The summed E-state index contributed by atoms with van der Waals surface area (Å²) < 4.78 is 12.1. The zero-order valence-electron chi connectivity index (χ0n) is 16.3. The summed E-state index contributed by atoms with van der Waals surface area (Å²) in [4.78, 5) is 13.1. The molecule has 1 N–H and O–H groups in total. The number of rotatable bonds is 7. The number of nitrogens with one attached hydrogen (secondary N) is 1. The number of ether oxygens (including phenoxy) is 1. The summed E-state index contributed by atoms with van der Waals surface area (Å²) in [5.41, 5.74) is 2.65. The molecule has 3 aromatic rings. The Bertz CT molecular complexity index is 974. The Morgan fingerprint density at radius 2 is 1.93 bits per heavy atom. The van der Waals surface area contributed by atoms with Crippen molar-refractivity contribution in [3.63, 3.8) is 0 Å². The van der Waals surface area contributed by atoms with E-state index in [0.717, 1.165) is 36.9 Å². The van der Waals surface area contributed by atoms with Crippen LogP contribution in [0.25, 0.3) is 11.0 Å². The molecule has 0 radical (unpaired) electrons. The summed E-state index contributed by atoms with van der Waals surface area (Å²) >= 11 is 0. The first-order valence-corrected chi connectivity index (χ1v) is 10.2. The zero-order valence-corrected chi connectivity index (χ0v) is 16.3. The van der Waals surface area contributed by atoms with Gasteiger partial charge in [0.05, 0.1) is 11.6 Å². The molecule has 4 rings (SSSR count). The van der Waals surface area contributed by atoms with E-state index in [-0.39, 0.29) is 11.5 Å². The monoisotopic (exact) mass is 377 g/mol. The normalized spacial score (nSPS) is 15.8. The summed E-state index contributed by atoms with van der Waals surface area (Å²) in [7, 11) is 1.94. The van der Waals surface area contributed by atoms with E-state index in [1.54, 1.807) is 6.26 Å². The maximum Gasteiger partial charge on any atom is 0.196 e. The van der Waals surface area contributed by atoms with Crippen molar-refractivity contribution in [2.45, 2.75) is 44.1 Å². The van der Waals surface area contributed by atoms with Gasteiger partial charge in [-0.15, -0.1) is 0 Å². The largest absolute Gasteiger partial charge is 0.486 e. The Morgan fingerprint density at radius 3 is 2.68 bits per heavy atom. The molecular formula is C24H27NO3. The van der Waals surface area contributed by atoms with E-state index >= 15 is 0 Å². The van der Waals surface area contributed by atoms with Crippen molar-refractivity contribution in [3.05, 3.63) is 76.1 Å². The SMILES string of the molecule is CNCCC(Oc1ccc2occ(C3CCCC3)c(=O)c2c1)c1ccccc1. The van der Waals surface area contributed by atoms with Gasteiger partial charge < -0.3 is 14.5 Å². The van der Waals surface area contributed by atoms with Crippen LogP contribution in [0.3, 0.4) is 0 Å². The van der Waals surface area contributed by atoms with Gasteiger partial charge in [-0.3, -0.25) is 4.79 Å². The van der Waals surface area contributed by atoms with Crippen LogP contribution in [-0.2, 0) is 0 Å². The van der Waals surface area contributed by atoms with Crippen molar-refractivity contribution in [3.8, 4) is 5.75 Å². The number of benzene rings is 2. The lowest BCUT2D eigenvalue weighted by Crippen LogP contribution is -2.16. The van der Waals surface area contributed by atoms with Crippen LogP contribution in [0.2, 0.25) is 0 Å². The van der Waals surface area contributed by atoms with E-state index in [9.17, 15) is 4.79 Å². The third-order valence-electron chi connectivity index (χ3n) is 5.67. The fourth-order valence-corrected chi connectivity index (χ4v) is 4.12. The molecular weight excluding hydrogens is 350 g/mol. The highest BCUT2D eigenvalue weighted by Gasteiger charge is 2.22. The highest BCUT2D eigenvalue weighted by molar-refractivity contribution is 5.78. The first kappa shape index (κ1) is 18.8. The molecule has 1 aliphatic carbocycles. The van der Waals surface area contributed by atoms with Crippen LogP contribution in [0.5, 0.6) is 5.75 Å². The van der Waals surface area contributed by atoms with E-state index in [1.165, 1.54) is 12.8 Å². The molecule has 1 unspecified atom stereocenters. The van der Waals surface area contributed by atoms with Gasteiger partial charge in [-0.25, -0.2) is 0 Å². The van der Waals surface area contributed by atoms with Gasteiger partial charge in [-0.05, 0) is 56.1 Å². The minimum Gasteiger partial charge on any atom is -0.486 e. The Kier molecular flexibility index (Phi) is 5.77. The van der Waals surface area contributed by atoms with E-state index in [0.29, 0.717) is 22.6 Å². The fourth-order valence-electron chi connectivity index (χ4n) is 4.12. The Hall–Kier alpha value is -2.59. The minimum absolute atomic E-state index is 0.0730. The van der Waals surface area contributed by atoms with E-state index in [1.807, 2.05) is 43.4 Å². The smallest absolute Gasteiger partial charge is 0.196 e. The third-order valence-corrected chi connectivity index (χ3v) is 5.67. The molecule has 2 aromatic carbocycles. The van der Waals surface area contributed by atoms with Crippen molar-refractivity contribution in [1.29, 1.82) is 0 Å². The standard InChI is InChI=1S/C24H27NO3/c1-25-14-13-22(18-9-3-2-4-10-18)28-19-11-12-23-20(15-19)24(26)21(16-27-23)17-7-5-6-8-17/h2-4,9-12,15-17,22,25H,5-8,13-14H2,1H3. The second-order valence-corrected chi connectivity index (χ2v) is 7.57. The summed E-state index contributed by atoms with van der Waals surface area (Å²) in [6.07, 6.45) is 6.97. The van der Waals surface area contributed by atoms with Crippen LogP contribution >= 0.6 is 0 Å². The second-order valence-electron chi connectivity index (χ2n) is 7.57. The lowest BCUT2D eigenvalue weighted by atomic mass is 9.98. The highest BCUT2D eigenvalue weighted by Crippen LogP contribution is 2.34.